The number of epoxide rings is 1. The van der Waals surface area contributed by atoms with E-state index in [1.807, 2.05) is 18.2 Å². The third kappa shape index (κ3) is 3.60. The van der Waals surface area contributed by atoms with Crippen LogP contribution in [0, 0.1) is 0 Å². The normalized spacial score (nSPS) is 18.9. The molecule has 0 N–H and O–H groups in total. The lowest BCUT2D eigenvalue weighted by Crippen LogP contribution is -2.12. The van der Waals surface area contributed by atoms with Crippen LogP contribution in [-0.2, 0) is 14.3 Å². The maximum Gasteiger partial charge on any atom is 0.342 e. The molecule has 1 aliphatic heterocycles. The molecule has 0 aliphatic carbocycles. The van der Waals surface area contributed by atoms with Crippen LogP contribution in [0.15, 0.2) is 41.7 Å². The number of esters is 1. The molecule has 96 valence electrons. The molecule has 1 heterocycles. The molecule has 1 saturated heterocycles. The third-order valence-electron chi connectivity index (χ3n) is 2.68. The smallest absolute Gasteiger partial charge is 0.342 e. The Morgan fingerprint density at radius 2 is 2.00 bits per heavy atom. The zero-order valence-corrected chi connectivity index (χ0v) is 10.5. The first-order valence-electron chi connectivity index (χ1n) is 5.86. The number of ether oxygens (including phenoxy) is 3. The molecule has 0 saturated carbocycles. The maximum absolute atomic E-state index is 11.8. The third-order valence-corrected chi connectivity index (χ3v) is 2.68. The molecule has 0 radical (unpaired) electrons. The van der Waals surface area contributed by atoms with Gasteiger partial charge in [-0.15, -0.1) is 0 Å². The van der Waals surface area contributed by atoms with Crippen LogP contribution in [0.2, 0.25) is 0 Å². The van der Waals surface area contributed by atoms with Crippen LogP contribution in [0.5, 0.6) is 5.75 Å². The van der Waals surface area contributed by atoms with E-state index in [1.54, 1.807) is 26.0 Å². The summed E-state index contributed by atoms with van der Waals surface area (Å²) in [4.78, 5) is 11.8. The summed E-state index contributed by atoms with van der Waals surface area (Å²) in [6, 6.07) is 8.97. The van der Waals surface area contributed by atoms with E-state index >= 15 is 0 Å². The van der Waals surface area contributed by atoms with Gasteiger partial charge in [0.25, 0.3) is 0 Å². The van der Waals surface area contributed by atoms with E-state index in [0.29, 0.717) is 23.7 Å². The molecule has 1 aromatic rings. The molecule has 0 aromatic heterocycles. The van der Waals surface area contributed by atoms with E-state index < -0.39 is 5.97 Å². The Morgan fingerprint density at radius 3 is 2.61 bits per heavy atom. The largest absolute Gasteiger partial charge is 0.495 e. The SMILES string of the molecule is CC(OCC1CO1)=C(C)C(=O)Oc1ccccc1. The van der Waals surface area contributed by atoms with Gasteiger partial charge >= 0.3 is 5.97 Å². The van der Waals surface area contributed by atoms with Crippen molar-refractivity contribution in [3.05, 3.63) is 41.7 Å². The molecule has 1 aromatic carbocycles. The molecule has 1 atom stereocenters. The predicted octanol–water partition coefficient (Wildman–Crippen LogP) is 2.30. The van der Waals surface area contributed by atoms with Crippen molar-refractivity contribution in [1.29, 1.82) is 0 Å². The van der Waals surface area contributed by atoms with E-state index in [2.05, 4.69) is 0 Å². The van der Waals surface area contributed by atoms with Crippen LogP contribution in [-0.4, -0.2) is 25.3 Å². The number of hydrogen-bond donors (Lipinski definition) is 0. The minimum atomic E-state index is -0.393. The summed E-state index contributed by atoms with van der Waals surface area (Å²) in [6.07, 6.45) is 0.179. The highest BCUT2D eigenvalue weighted by atomic mass is 16.6. The molecule has 1 unspecified atom stereocenters. The molecular formula is C14H16O4. The second kappa shape index (κ2) is 5.69. The first-order chi connectivity index (χ1) is 8.66. The van der Waals surface area contributed by atoms with Gasteiger partial charge in [0.1, 0.15) is 24.2 Å². The summed E-state index contributed by atoms with van der Waals surface area (Å²) in [6.45, 7) is 4.67. The lowest BCUT2D eigenvalue weighted by Gasteiger charge is -2.09. The van der Waals surface area contributed by atoms with Gasteiger partial charge in [-0.1, -0.05) is 18.2 Å². The molecule has 0 spiro atoms. The van der Waals surface area contributed by atoms with Crippen molar-refractivity contribution in [2.24, 2.45) is 0 Å². The summed E-state index contributed by atoms with van der Waals surface area (Å²) in [5.41, 5.74) is 0.472. The van der Waals surface area contributed by atoms with Gasteiger partial charge in [0.2, 0.25) is 0 Å². The van der Waals surface area contributed by atoms with Crippen molar-refractivity contribution >= 4 is 5.97 Å². The van der Waals surface area contributed by atoms with E-state index in [4.69, 9.17) is 14.2 Å². The Kier molecular flexibility index (Phi) is 3.99. The molecular weight excluding hydrogens is 232 g/mol. The van der Waals surface area contributed by atoms with Gasteiger partial charge in [-0.25, -0.2) is 4.79 Å². The van der Waals surface area contributed by atoms with Gasteiger partial charge in [0, 0.05) is 0 Å². The zero-order valence-electron chi connectivity index (χ0n) is 10.5. The van der Waals surface area contributed by atoms with E-state index in [-0.39, 0.29) is 6.10 Å². The first-order valence-corrected chi connectivity index (χ1v) is 5.86. The lowest BCUT2D eigenvalue weighted by molar-refractivity contribution is -0.130. The van der Waals surface area contributed by atoms with Gasteiger partial charge in [0.15, 0.2) is 0 Å². The van der Waals surface area contributed by atoms with Gasteiger partial charge < -0.3 is 14.2 Å². The van der Waals surface area contributed by atoms with Gasteiger partial charge in [0.05, 0.1) is 12.2 Å². The van der Waals surface area contributed by atoms with E-state index in [0.717, 1.165) is 6.61 Å². The molecule has 18 heavy (non-hydrogen) atoms. The Morgan fingerprint density at radius 1 is 1.33 bits per heavy atom. The minimum Gasteiger partial charge on any atom is -0.495 e. The molecule has 2 rings (SSSR count). The van der Waals surface area contributed by atoms with Crippen LogP contribution in [0.1, 0.15) is 13.8 Å². The van der Waals surface area contributed by atoms with Gasteiger partial charge in [-0.3, -0.25) is 0 Å². The first kappa shape index (κ1) is 12.6. The molecule has 0 bridgehead atoms. The highest BCUT2D eigenvalue weighted by Gasteiger charge is 2.23. The number of benzene rings is 1. The fourth-order valence-corrected chi connectivity index (χ4v) is 1.31. The van der Waals surface area contributed by atoms with Gasteiger partial charge in [-0.05, 0) is 26.0 Å². The van der Waals surface area contributed by atoms with E-state index in [1.165, 1.54) is 0 Å². The highest BCUT2D eigenvalue weighted by molar-refractivity contribution is 5.89. The average molecular weight is 248 g/mol. The molecule has 4 heteroatoms. The number of carbonyl (C=O) groups excluding carboxylic acids is 1. The number of allylic oxidation sites excluding steroid dienone is 1. The second-order valence-corrected chi connectivity index (χ2v) is 4.15. The Bertz CT molecular complexity index is 446. The number of para-hydroxylation sites is 1. The van der Waals surface area contributed by atoms with Crippen LogP contribution in [0.25, 0.3) is 0 Å². The standard InChI is InChI=1S/C14H16O4/c1-10(11(2)16-8-13-9-17-13)14(15)18-12-6-4-3-5-7-12/h3-7,13H,8-9H2,1-2H3. The zero-order chi connectivity index (χ0) is 13.0. The van der Waals surface area contributed by atoms with Crippen LogP contribution in [0.3, 0.4) is 0 Å². The monoisotopic (exact) mass is 248 g/mol. The van der Waals surface area contributed by atoms with Crippen LogP contribution < -0.4 is 4.74 Å². The Balaban J connectivity index is 1.91. The van der Waals surface area contributed by atoms with Crippen molar-refractivity contribution in [2.45, 2.75) is 20.0 Å². The fourth-order valence-electron chi connectivity index (χ4n) is 1.31. The van der Waals surface area contributed by atoms with Crippen molar-refractivity contribution in [3.8, 4) is 5.75 Å². The van der Waals surface area contributed by atoms with Crippen molar-refractivity contribution in [1.82, 2.24) is 0 Å². The second-order valence-electron chi connectivity index (χ2n) is 4.15. The van der Waals surface area contributed by atoms with Crippen molar-refractivity contribution in [3.63, 3.8) is 0 Å². The molecule has 4 nitrogen and oxygen atoms in total. The summed E-state index contributed by atoms with van der Waals surface area (Å²) in [7, 11) is 0. The molecule has 1 fully saturated rings. The van der Waals surface area contributed by atoms with Gasteiger partial charge in [-0.2, -0.15) is 0 Å². The Hall–Kier alpha value is -1.81. The topological polar surface area (TPSA) is 48.1 Å². The fraction of sp³-hybridized carbons (Fsp3) is 0.357. The number of rotatable bonds is 5. The van der Waals surface area contributed by atoms with Crippen molar-refractivity contribution in [2.75, 3.05) is 13.2 Å². The Labute approximate surface area is 106 Å². The number of hydrogen-bond acceptors (Lipinski definition) is 4. The quantitative estimate of drug-likeness (QED) is 0.264. The number of carbonyl (C=O) groups is 1. The summed E-state index contributed by atoms with van der Waals surface area (Å²) >= 11 is 0. The van der Waals surface area contributed by atoms with Crippen LogP contribution >= 0.6 is 0 Å². The van der Waals surface area contributed by atoms with Crippen LogP contribution in [0.4, 0.5) is 0 Å². The summed E-state index contributed by atoms with van der Waals surface area (Å²) < 4.78 is 15.7. The lowest BCUT2D eigenvalue weighted by atomic mass is 10.2. The average Bonchev–Trinajstić information content (AvgIpc) is 3.20. The summed E-state index contributed by atoms with van der Waals surface area (Å²) in [5, 5.41) is 0. The molecule has 1 aliphatic rings. The van der Waals surface area contributed by atoms with E-state index in [9.17, 15) is 4.79 Å². The summed E-state index contributed by atoms with van der Waals surface area (Å²) in [5.74, 6) is 0.710. The maximum atomic E-state index is 11.8. The predicted molar refractivity (Wildman–Crippen MR) is 66.1 cm³/mol. The van der Waals surface area contributed by atoms with Crippen molar-refractivity contribution < 1.29 is 19.0 Å². The highest BCUT2D eigenvalue weighted by Crippen LogP contribution is 2.15. The minimum absolute atomic E-state index is 0.179. The molecule has 0 amide bonds.